The Labute approximate surface area is 112 Å². The molecule has 0 saturated carbocycles. The molecule has 0 unspecified atom stereocenters. The predicted octanol–water partition coefficient (Wildman–Crippen LogP) is 2.70. The molecule has 0 spiro atoms. The van der Waals surface area contributed by atoms with Gasteiger partial charge in [-0.1, -0.05) is 6.07 Å². The predicted molar refractivity (Wildman–Crippen MR) is 73.3 cm³/mol. The summed E-state index contributed by atoms with van der Waals surface area (Å²) in [5.41, 5.74) is 7.03. The molecule has 2 aromatic heterocycles. The summed E-state index contributed by atoms with van der Waals surface area (Å²) in [7, 11) is 2.11. The lowest BCUT2D eigenvalue weighted by molar-refractivity contribution is 0.0972. The topological polar surface area (TPSA) is 34.9 Å². The zero-order chi connectivity index (χ0) is 13.0. The molecule has 2 aromatic rings. The number of hydrogen-bond donors (Lipinski definition) is 0. The van der Waals surface area contributed by atoms with E-state index in [1.54, 1.807) is 0 Å². The second-order valence-electron chi connectivity index (χ2n) is 5.48. The molecule has 2 heterocycles. The first-order chi connectivity index (χ1) is 9.27. The molecule has 4 rings (SSSR count). The first kappa shape index (κ1) is 11.0. The van der Waals surface area contributed by atoms with Crippen LogP contribution in [0.5, 0.6) is 0 Å². The van der Waals surface area contributed by atoms with Gasteiger partial charge >= 0.3 is 0 Å². The number of pyridine rings is 1. The van der Waals surface area contributed by atoms with Crippen molar-refractivity contribution in [3.63, 3.8) is 0 Å². The molecule has 0 bridgehead atoms. The Morgan fingerprint density at radius 2 is 1.95 bits per heavy atom. The minimum Gasteiger partial charge on any atom is -0.350 e. The maximum Gasteiger partial charge on any atom is 0.165 e. The van der Waals surface area contributed by atoms with Gasteiger partial charge in [0.15, 0.2) is 5.78 Å². The number of nitrogens with zero attached hydrogens (tertiary/aromatic N) is 2. The van der Waals surface area contributed by atoms with E-state index in [1.165, 1.54) is 22.5 Å². The Morgan fingerprint density at radius 1 is 1.11 bits per heavy atom. The molecule has 2 aliphatic carbocycles. The fourth-order valence-corrected chi connectivity index (χ4v) is 3.61. The smallest absolute Gasteiger partial charge is 0.165 e. The molecule has 96 valence electrons. The molecule has 3 nitrogen and oxygen atoms in total. The van der Waals surface area contributed by atoms with Gasteiger partial charge in [-0.05, 0) is 31.7 Å². The normalized spacial score (nSPS) is 16.8. The van der Waals surface area contributed by atoms with Crippen molar-refractivity contribution in [3.05, 3.63) is 41.0 Å². The molecule has 0 radical (unpaired) electrons. The average Bonchev–Trinajstić information content (AvgIpc) is 2.74. The van der Waals surface area contributed by atoms with Gasteiger partial charge in [0, 0.05) is 53.4 Å². The van der Waals surface area contributed by atoms with Gasteiger partial charge in [-0.2, -0.15) is 0 Å². The summed E-state index contributed by atoms with van der Waals surface area (Å²) < 4.78 is 2.26. The van der Waals surface area contributed by atoms with Gasteiger partial charge in [0.25, 0.3) is 0 Å². The molecule has 0 saturated heterocycles. The van der Waals surface area contributed by atoms with Crippen LogP contribution in [0.25, 0.3) is 11.1 Å². The summed E-state index contributed by atoms with van der Waals surface area (Å²) >= 11 is 0. The van der Waals surface area contributed by atoms with Crippen molar-refractivity contribution >= 4 is 5.78 Å². The lowest BCUT2D eigenvalue weighted by Gasteiger charge is -2.17. The second-order valence-corrected chi connectivity index (χ2v) is 5.48. The number of hydrogen-bond acceptors (Lipinski definition) is 2. The third-order valence-corrected chi connectivity index (χ3v) is 4.49. The average molecular weight is 252 g/mol. The number of aryl methyl sites for hydroxylation is 1. The van der Waals surface area contributed by atoms with Gasteiger partial charge < -0.3 is 4.57 Å². The van der Waals surface area contributed by atoms with E-state index in [1.807, 2.05) is 12.3 Å². The highest BCUT2D eigenvalue weighted by atomic mass is 16.1. The molecular weight excluding hydrogens is 236 g/mol. The van der Waals surface area contributed by atoms with Crippen molar-refractivity contribution < 1.29 is 4.79 Å². The Morgan fingerprint density at radius 3 is 2.84 bits per heavy atom. The number of Topliss-reactive ketones (excluding diaryl/α,β-unsaturated/α-hetero) is 1. The molecule has 2 aliphatic rings. The Hall–Kier alpha value is -1.90. The Bertz CT molecular complexity index is 697. The van der Waals surface area contributed by atoms with Crippen LogP contribution in [-0.2, 0) is 26.3 Å². The zero-order valence-electron chi connectivity index (χ0n) is 11.1. The van der Waals surface area contributed by atoms with Crippen LogP contribution in [0.1, 0.15) is 40.3 Å². The van der Waals surface area contributed by atoms with Gasteiger partial charge in [-0.3, -0.25) is 9.78 Å². The number of ketones is 1. The van der Waals surface area contributed by atoms with Crippen molar-refractivity contribution in [2.24, 2.45) is 7.05 Å². The third-order valence-electron chi connectivity index (χ3n) is 4.49. The molecule has 0 aliphatic heterocycles. The monoisotopic (exact) mass is 252 g/mol. The van der Waals surface area contributed by atoms with Crippen LogP contribution in [0, 0.1) is 0 Å². The molecule has 3 heteroatoms. The fraction of sp³-hybridized carbons (Fsp3) is 0.375. The van der Waals surface area contributed by atoms with Crippen LogP contribution < -0.4 is 0 Å². The number of rotatable bonds is 0. The summed E-state index contributed by atoms with van der Waals surface area (Å²) in [6.07, 6.45) is 6.53. The van der Waals surface area contributed by atoms with Crippen LogP contribution in [0.15, 0.2) is 18.3 Å². The number of carbonyl (C=O) groups excluding carboxylic acids is 1. The lowest BCUT2D eigenvalue weighted by Crippen LogP contribution is -2.12. The van der Waals surface area contributed by atoms with E-state index >= 15 is 0 Å². The summed E-state index contributed by atoms with van der Waals surface area (Å²) in [6, 6.07) is 4.09. The van der Waals surface area contributed by atoms with Crippen molar-refractivity contribution in [2.45, 2.75) is 32.1 Å². The molecular formula is C16H16N2O. The molecule has 0 atom stereocenters. The molecule has 0 aromatic carbocycles. The van der Waals surface area contributed by atoms with Crippen molar-refractivity contribution in [3.8, 4) is 11.1 Å². The SMILES string of the molecule is Cn1c2c(c3c1CCc1ncccc1-3)C(=O)CCC2. The first-order valence-electron chi connectivity index (χ1n) is 6.95. The summed E-state index contributed by atoms with van der Waals surface area (Å²) in [4.78, 5) is 16.8. The van der Waals surface area contributed by atoms with E-state index in [0.29, 0.717) is 12.2 Å². The van der Waals surface area contributed by atoms with E-state index in [2.05, 4.69) is 22.7 Å². The standard InChI is InChI=1S/C16H16N2O/c1-18-12-5-2-6-14(19)16(12)15-10-4-3-9-17-11(10)7-8-13(15)18/h3-4,9H,2,5-8H2,1H3. The van der Waals surface area contributed by atoms with Gasteiger partial charge in [0.1, 0.15) is 0 Å². The minimum atomic E-state index is 0.315. The number of carbonyl (C=O) groups is 1. The van der Waals surface area contributed by atoms with E-state index in [9.17, 15) is 4.79 Å². The maximum atomic E-state index is 12.3. The second kappa shape index (κ2) is 3.80. The number of fused-ring (bicyclic) bond motifs is 5. The van der Waals surface area contributed by atoms with Crippen LogP contribution in [-0.4, -0.2) is 15.3 Å². The zero-order valence-corrected chi connectivity index (χ0v) is 11.1. The van der Waals surface area contributed by atoms with E-state index in [-0.39, 0.29) is 0 Å². The highest BCUT2D eigenvalue weighted by molar-refractivity contribution is 6.05. The largest absolute Gasteiger partial charge is 0.350 e. The van der Waals surface area contributed by atoms with Gasteiger partial charge in [0.2, 0.25) is 0 Å². The molecule has 19 heavy (non-hydrogen) atoms. The summed E-state index contributed by atoms with van der Waals surface area (Å²) in [6.45, 7) is 0. The van der Waals surface area contributed by atoms with Crippen LogP contribution in [0.2, 0.25) is 0 Å². The lowest BCUT2D eigenvalue weighted by atomic mass is 9.86. The summed E-state index contributed by atoms with van der Waals surface area (Å²) in [5.74, 6) is 0.315. The van der Waals surface area contributed by atoms with E-state index < -0.39 is 0 Å². The van der Waals surface area contributed by atoms with Crippen molar-refractivity contribution in [1.29, 1.82) is 0 Å². The van der Waals surface area contributed by atoms with Crippen LogP contribution >= 0.6 is 0 Å². The summed E-state index contributed by atoms with van der Waals surface area (Å²) in [5, 5.41) is 0. The van der Waals surface area contributed by atoms with E-state index in [0.717, 1.165) is 36.9 Å². The maximum absolute atomic E-state index is 12.3. The van der Waals surface area contributed by atoms with Gasteiger partial charge in [-0.15, -0.1) is 0 Å². The van der Waals surface area contributed by atoms with E-state index in [4.69, 9.17) is 0 Å². The first-order valence-corrected chi connectivity index (χ1v) is 6.95. The van der Waals surface area contributed by atoms with Gasteiger partial charge in [-0.25, -0.2) is 0 Å². The highest BCUT2D eigenvalue weighted by Gasteiger charge is 2.31. The number of aromatic nitrogens is 2. The Balaban J connectivity index is 2.08. The van der Waals surface area contributed by atoms with Gasteiger partial charge in [0.05, 0.1) is 0 Å². The molecule has 0 fully saturated rings. The fourth-order valence-electron chi connectivity index (χ4n) is 3.61. The molecule has 0 N–H and O–H groups in total. The van der Waals surface area contributed by atoms with Crippen molar-refractivity contribution in [2.75, 3.05) is 0 Å². The minimum absolute atomic E-state index is 0.315. The quantitative estimate of drug-likeness (QED) is 0.722. The highest BCUT2D eigenvalue weighted by Crippen LogP contribution is 2.40. The van der Waals surface area contributed by atoms with Crippen molar-refractivity contribution in [1.82, 2.24) is 9.55 Å². The third kappa shape index (κ3) is 1.38. The molecule has 0 amide bonds. The Kier molecular flexibility index (Phi) is 2.19. The van der Waals surface area contributed by atoms with Crippen LogP contribution in [0.3, 0.4) is 0 Å². The van der Waals surface area contributed by atoms with Crippen LogP contribution in [0.4, 0.5) is 0 Å².